The summed E-state index contributed by atoms with van der Waals surface area (Å²) in [7, 11) is 0. The Morgan fingerprint density at radius 1 is 0.956 bits per heavy atom. The lowest BCUT2D eigenvalue weighted by molar-refractivity contribution is -0.143. The van der Waals surface area contributed by atoms with Crippen LogP contribution in [-0.4, -0.2) is 102 Å². The molecule has 4 aliphatic heterocycles. The highest BCUT2D eigenvalue weighted by molar-refractivity contribution is 6.33. The van der Waals surface area contributed by atoms with E-state index in [1.54, 1.807) is 0 Å². The SMILES string of the molecule is Cc1cc(C[C@@H](CC(=O)N2CCC(N3Cc4ccccc4NC3=O)CC2)C(=O)N2CCN(C3CCNCC3)CC2)cc(Cl)c1N. The molecule has 2 aromatic carbocycles. The molecule has 3 fully saturated rings. The lowest BCUT2D eigenvalue weighted by atomic mass is 9.92. The van der Waals surface area contributed by atoms with Crippen molar-refractivity contribution in [3.63, 3.8) is 0 Å². The van der Waals surface area contributed by atoms with Gasteiger partial charge in [-0.25, -0.2) is 4.79 Å². The van der Waals surface area contributed by atoms with Crippen LogP contribution in [0.15, 0.2) is 36.4 Å². The molecule has 0 bridgehead atoms. The Hall–Kier alpha value is -3.34. The third kappa shape index (κ3) is 7.23. The molecule has 4 heterocycles. The number of nitrogens with two attached hydrogens (primary N) is 1. The maximum Gasteiger partial charge on any atom is 0.322 e. The Morgan fingerprint density at radius 3 is 2.38 bits per heavy atom. The summed E-state index contributed by atoms with van der Waals surface area (Å²) in [6.07, 6.45) is 4.31. The molecule has 45 heavy (non-hydrogen) atoms. The number of nitrogens with zero attached hydrogens (tertiary/aromatic N) is 4. The molecule has 0 aromatic heterocycles. The van der Waals surface area contributed by atoms with Gasteiger partial charge in [0, 0.05) is 70.0 Å². The number of piperazine rings is 1. The number of aryl methyl sites for hydroxylation is 1. The fraction of sp³-hybridized carbons (Fsp3) is 0.559. The van der Waals surface area contributed by atoms with Crippen LogP contribution in [0.2, 0.25) is 5.02 Å². The van der Waals surface area contributed by atoms with Crippen molar-refractivity contribution in [3.05, 3.63) is 58.1 Å². The summed E-state index contributed by atoms with van der Waals surface area (Å²) in [5.41, 5.74) is 10.4. The van der Waals surface area contributed by atoms with Crippen molar-refractivity contribution in [2.24, 2.45) is 5.92 Å². The molecule has 0 saturated carbocycles. The smallest absolute Gasteiger partial charge is 0.322 e. The predicted octanol–water partition coefficient (Wildman–Crippen LogP) is 3.71. The molecule has 4 amide bonds. The number of benzene rings is 2. The molecule has 6 rings (SSSR count). The number of anilines is 2. The fourth-order valence-corrected chi connectivity index (χ4v) is 7.79. The highest BCUT2D eigenvalue weighted by atomic mass is 35.5. The third-order valence-electron chi connectivity index (χ3n) is 10.2. The van der Waals surface area contributed by atoms with Crippen LogP contribution >= 0.6 is 11.6 Å². The molecule has 3 saturated heterocycles. The number of halogens is 1. The Kier molecular flexibility index (Phi) is 9.82. The van der Waals surface area contributed by atoms with Crippen molar-refractivity contribution in [2.45, 2.75) is 64.1 Å². The van der Waals surface area contributed by atoms with Gasteiger partial charge >= 0.3 is 6.03 Å². The Labute approximate surface area is 271 Å². The number of rotatable bonds is 7. The second-order valence-electron chi connectivity index (χ2n) is 13.1. The first-order chi connectivity index (χ1) is 21.8. The van der Waals surface area contributed by atoms with Gasteiger partial charge in [-0.2, -0.15) is 0 Å². The lowest BCUT2D eigenvalue weighted by Gasteiger charge is -2.42. The van der Waals surface area contributed by atoms with Crippen molar-refractivity contribution in [1.29, 1.82) is 0 Å². The molecule has 0 radical (unpaired) electrons. The van der Waals surface area contributed by atoms with Gasteiger partial charge in [-0.1, -0.05) is 35.9 Å². The molecule has 0 unspecified atom stereocenters. The van der Waals surface area contributed by atoms with Crippen LogP contribution in [0.25, 0.3) is 0 Å². The summed E-state index contributed by atoms with van der Waals surface area (Å²) in [5.74, 6) is -0.451. The van der Waals surface area contributed by atoms with Crippen LogP contribution in [0.3, 0.4) is 0 Å². The maximum absolute atomic E-state index is 14.1. The molecule has 4 N–H and O–H groups in total. The summed E-state index contributed by atoms with van der Waals surface area (Å²) < 4.78 is 0. The number of carbonyl (C=O) groups is 3. The minimum absolute atomic E-state index is 0.00755. The van der Waals surface area contributed by atoms with Crippen molar-refractivity contribution >= 4 is 40.8 Å². The summed E-state index contributed by atoms with van der Waals surface area (Å²) in [4.78, 5) is 48.9. The zero-order valence-electron chi connectivity index (χ0n) is 26.3. The summed E-state index contributed by atoms with van der Waals surface area (Å²) in [6.45, 7) is 8.82. The van der Waals surface area contributed by atoms with Gasteiger partial charge in [0.05, 0.1) is 16.6 Å². The number of likely N-dealkylation sites (tertiary alicyclic amines) is 1. The van der Waals surface area contributed by atoms with E-state index in [2.05, 4.69) is 15.5 Å². The van der Waals surface area contributed by atoms with Gasteiger partial charge in [0.25, 0.3) is 0 Å². The number of fused-ring (bicyclic) bond motifs is 1. The van der Waals surface area contributed by atoms with Crippen LogP contribution in [0.4, 0.5) is 16.2 Å². The second kappa shape index (κ2) is 14.0. The van der Waals surface area contributed by atoms with Gasteiger partial charge in [-0.05, 0) is 80.9 Å². The summed E-state index contributed by atoms with van der Waals surface area (Å²) >= 11 is 6.43. The number of nitrogen functional groups attached to an aromatic ring is 1. The number of carbonyl (C=O) groups excluding carboxylic acids is 3. The zero-order chi connectivity index (χ0) is 31.5. The van der Waals surface area contributed by atoms with Crippen molar-refractivity contribution in [3.8, 4) is 0 Å². The minimum Gasteiger partial charge on any atom is -0.397 e. The maximum atomic E-state index is 14.1. The quantitative estimate of drug-likeness (QED) is 0.400. The predicted molar refractivity (Wildman–Crippen MR) is 177 cm³/mol. The normalized spacial score (nSPS) is 20.9. The molecule has 2 aromatic rings. The van der Waals surface area contributed by atoms with E-state index in [0.29, 0.717) is 68.7 Å². The molecule has 4 aliphatic rings. The van der Waals surface area contributed by atoms with E-state index < -0.39 is 5.92 Å². The van der Waals surface area contributed by atoms with Crippen LogP contribution in [-0.2, 0) is 22.6 Å². The Bertz CT molecular complexity index is 1370. The molecular weight excluding hydrogens is 590 g/mol. The first kappa shape index (κ1) is 31.6. The van der Waals surface area contributed by atoms with E-state index in [1.165, 1.54) is 0 Å². The number of hydrogen-bond donors (Lipinski definition) is 3. The molecule has 242 valence electrons. The minimum atomic E-state index is -0.482. The fourth-order valence-electron chi connectivity index (χ4n) is 7.50. The van der Waals surface area contributed by atoms with E-state index >= 15 is 0 Å². The Morgan fingerprint density at radius 2 is 1.67 bits per heavy atom. The standard InChI is InChI=1S/C34H46ClN7O3/c1-23-18-24(20-29(35)32(23)36)19-26(33(44)41-16-14-39(15-17-41)27-6-10-37-11-7-27)21-31(43)40-12-8-28(9-13-40)42-22-25-4-2-3-5-30(25)38-34(42)45/h2-5,18,20,26-28,37H,6-17,19,21-22,36H2,1H3,(H,38,45)/t26-/m0/s1. The van der Waals surface area contributed by atoms with Crippen molar-refractivity contribution in [2.75, 3.05) is 63.4 Å². The van der Waals surface area contributed by atoms with E-state index in [-0.39, 0.29) is 30.3 Å². The zero-order valence-corrected chi connectivity index (χ0v) is 27.0. The van der Waals surface area contributed by atoms with E-state index in [9.17, 15) is 14.4 Å². The van der Waals surface area contributed by atoms with Gasteiger partial charge in [0.2, 0.25) is 11.8 Å². The highest BCUT2D eigenvalue weighted by Crippen LogP contribution is 2.30. The first-order valence-corrected chi connectivity index (χ1v) is 16.9. The second-order valence-corrected chi connectivity index (χ2v) is 13.5. The summed E-state index contributed by atoms with van der Waals surface area (Å²) in [6, 6.07) is 12.3. The number of piperidine rings is 2. The largest absolute Gasteiger partial charge is 0.397 e. The number of nitrogens with one attached hydrogen (secondary N) is 2. The molecule has 10 nitrogen and oxygen atoms in total. The monoisotopic (exact) mass is 635 g/mol. The molecular formula is C34H46ClN7O3. The molecule has 0 aliphatic carbocycles. The van der Waals surface area contributed by atoms with E-state index in [4.69, 9.17) is 17.3 Å². The topological polar surface area (TPSA) is 114 Å². The van der Waals surface area contributed by atoms with Crippen LogP contribution < -0.4 is 16.4 Å². The number of para-hydroxylation sites is 1. The highest BCUT2D eigenvalue weighted by Gasteiger charge is 2.36. The van der Waals surface area contributed by atoms with Crippen molar-refractivity contribution in [1.82, 2.24) is 24.9 Å². The average molecular weight is 636 g/mol. The first-order valence-electron chi connectivity index (χ1n) is 16.5. The Balaban J connectivity index is 1.09. The number of hydrogen-bond acceptors (Lipinski definition) is 6. The van der Waals surface area contributed by atoms with Gasteiger partial charge in [-0.15, -0.1) is 0 Å². The summed E-state index contributed by atoms with van der Waals surface area (Å²) in [5, 5.41) is 6.92. The number of urea groups is 1. The van der Waals surface area contributed by atoms with Gasteiger partial charge < -0.3 is 31.1 Å². The van der Waals surface area contributed by atoms with Gasteiger partial charge in [0.15, 0.2) is 0 Å². The molecule has 11 heteroatoms. The van der Waals surface area contributed by atoms with Crippen LogP contribution in [0.5, 0.6) is 0 Å². The van der Waals surface area contributed by atoms with Gasteiger partial charge in [-0.3, -0.25) is 14.5 Å². The van der Waals surface area contributed by atoms with Crippen LogP contribution in [0.1, 0.15) is 48.8 Å². The molecule has 0 spiro atoms. The average Bonchev–Trinajstić information content (AvgIpc) is 3.06. The van der Waals surface area contributed by atoms with Gasteiger partial charge in [0.1, 0.15) is 0 Å². The number of amides is 4. The third-order valence-corrected chi connectivity index (χ3v) is 10.5. The van der Waals surface area contributed by atoms with Crippen LogP contribution in [0, 0.1) is 12.8 Å². The lowest BCUT2D eigenvalue weighted by Crippen LogP contribution is -2.55. The molecule has 1 atom stereocenters. The van der Waals surface area contributed by atoms with E-state index in [1.807, 2.05) is 58.0 Å². The van der Waals surface area contributed by atoms with Crippen molar-refractivity contribution < 1.29 is 14.4 Å². The van der Waals surface area contributed by atoms with E-state index in [0.717, 1.165) is 61.4 Å².